The minimum absolute atomic E-state index is 0.673. The molecule has 0 unspecified atom stereocenters. The first-order valence-corrected chi connectivity index (χ1v) is 8.56. The normalized spacial score (nSPS) is 11.3. The van der Waals surface area contributed by atoms with Gasteiger partial charge in [0.1, 0.15) is 5.75 Å². The zero-order valence-electron chi connectivity index (χ0n) is 14.2. The van der Waals surface area contributed by atoms with Crippen molar-refractivity contribution in [1.29, 1.82) is 0 Å². The Labute approximate surface area is 134 Å². The predicted molar refractivity (Wildman–Crippen MR) is 95.5 cm³/mol. The Kier molecular flexibility index (Phi) is 6.73. The topological polar surface area (TPSA) is 21.3 Å². The number of ether oxygens (including phenoxy) is 1. The van der Waals surface area contributed by atoms with Gasteiger partial charge in [-0.05, 0) is 42.1 Å². The molecule has 2 aromatic carbocycles. The molecule has 0 spiro atoms. The van der Waals surface area contributed by atoms with E-state index >= 15 is 0 Å². The molecule has 0 saturated carbocycles. The summed E-state index contributed by atoms with van der Waals surface area (Å²) in [5.74, 6) is 1.70. The Bertz CT molecular complexity index is 577. The summed E-state index contributed by atoms with van der Waals surface area (Å²) in [5.41, 5.74) is 1.29. The van der Waals surface area contributed by atoms with Crippen LogP contribution in [0.2, 0.25) is 0 Å². The van der Waals surface area contributed by atoms with Crippen LogP contribution in [0.15, 0.2) is 36.4 Å². The maximum absolute atomic E-state index is 6.07. The molecule has 0 radical (unpaired) electrons. The van der Waals surface area contributed by atoms with Crippen molar-refractivity contribution in [1.82, 2.24) is 5.32 Å². The van der Waals surface area contributed by atoms with Crippen LogP contribution in [-0.4, -0.2) is 13.2 Å². The van der Waals surface area contributed by atoms with Gasteiger partial charge >= 0.3 is 0 Å². The van der Waals surface area contributed by atoms with Crippen molar-refractivity contribution < 1.29 is 4.74 Å². The third-order valence-electron chi connectivity index (χ3n) is 3.96. The van der Waals surface area contributed by atoms with Crippen LogP contribution in [0.3, 0.4) is 0 Å². The number of rotatable bonds is 9. The fraction of sp³-hybridized carbons (Fsp3) is 0.500. The fourth-order valence-electron chi connectivity index (χ4n) is 2.55. The molecule has 0 aliphatic rings. The first kappa shape index (κ1) is 16.8. The van der Waals surface area contributed by atoms with Gasteiger partial charge in [-0.1, -0.05) is 57.5 Å². The number of unbranched alkanes of at least 4 members (excludes halogenated alkanes) is 1. The molecule has 120 valence electrons. The van der Waals surface area contributed by atoms with Gasteiger partial charge in [0.05, 0.1) is 6.61 Å². The third kappa shape index (κ3) is 4.74. The summed E-state index contributed by atoms with van der Waals surface area (Å²) in [6, 6.07) is 12.9. The summed E-state index contributed by atoms with van der Waals surface area (Å²) in [7, 11) is 0. The maximum Gasteiger partial charge on any atom is 0.124 e. The Hall–Kier alpha value is -1.54. The van der Waals surface area contributed by atoms with E-state index in [2.05, 4.69) is 62.5 Å². The lowest BCUT2D eigenvalue weighted by molar-refractivity contribution is 0.287. The van der Waals surface area contributed by atoms with E-state index in [1.807, 2.05) is 0 Å². The fourth-order valence-corrected chi connectivity index (χ4v) is 2.55. The molecular weight excluding hydrogens is 270 g/mol. The van der Waals surface area contributed by atoms with Crippen molar-refractivity contribution in [3.63, 3.8) is 0 Å². The van der Waals surface area contributed by atoms with E-state index in [9.17, 15) is 0 Å². The monoisotopic (exact) mass is 299 g/mol. The van der Waals surface area contributed by atoms with Crippen molar-refractivity contribution >= 4 is 10.8 Å². The molecule has 0 heterocycles. The molecule has 0 aromatic heterocycles. The number of hydrogen-bond acceptors (Lipinski definition) is 2. The zero-order chi connectivity index (χ0) is 15.8. The Balaban J connectivity index is 2.17. The molecule has 0 atom stereocenters. The highest BCUT2D eigenvalue weighted by molar-refractivity contribution is 5.87. The smallest absolute Gasteiger partial charge is 0.124 e. The maximum atomic E-state index is 6.07. The minimum Gasteiger partial charge on any atom is -0.493 e. The van der Waals surface area contributed by atoms with E-state index in [-0.39, 0.29) is 0 Å². The Morgan fingerprint density at radius 2 is 1.91 bits per heavy atom. The van der Waals surface area contributed by atoms with Crippen molar-refractivity contribution in [2.24, 2.45) is 5.92 Å². The van der Waals surface area contributed by atoms with E-state index in [1.165, 1.54) is 29.2 Å². The van der Waals surface area contributed by atoms with Gasteiger partial charge in [-0.2, -0.15) is 0 Å². The molecule has 0 amide bonds. The molecular formula is C20H29NO. The zero-order valence-corrected chi connectivity index (χ0v) is 14.2. The summed E-state index contributed by atoms with van der Waals surface area (Å²) in [5, 5.41) is 6.14. The van der Waals surface area contributed by atoms with Gasteiger partial charge in [0, 0.05) is 12.1 Å². The van der Waals surface area contributed by atoms with Gasteiger partial charge < -0.3 is 10.1 Å². The van der Waals surface area contributed by atoms with Crippen LogP contribution in [0.25, 0.3) is 10.8 Å². The lowest BCUT2D eigenvalue weighted by atomic mass is 10.0. The first-order valence-electron chi connectivity index (χ1n) is 8.56. The molecule has 0 bridgehead atoms. The predicted octanol–water partition coefficient (Wildman–Crippen LogP) is 5.15. The molecule has 1 N–H and O–H groups in total. The lowest BCUT2D eigenvalue weighted by Gasteiger charge is -2.15. The van der Waals surface area contributed by atoms with E-state index in [0.717, 1.165) is 31.9 Å². The van der Waals surface area contributed by atoms with Gasteiger partial charge in [-0.25, -0.2) is 0 Å². The molecule has 0 saturated heterocycles. The number of benzene rings is 2. The summed E-state index contributed by atoms with van der Waals surface area (Å²) in [4.78, 5) is 0. The van der Waals surface area contributed by atoms with E-state index < -0.39 is 0 Å². The first-order chi connectivity index (χ1) is 10.7. The third-order valence-corrected chi connectivity index (χ3v) is 3.96. The highest BCUT2D eigenvalue weighted by atomic mass is 16.5. The Morgan fingerprint density at radius 1 is 1.09 bits per heavy atom. The standard InChI is InChI=1S/C20H29NO/c1-4-5-13-21-15-19-18-9-7-6-8-17(18)10-11-20(19)22-14-12-16(2)3/h6-11,16,21H,4-5,12-15H2,1-3H3. The second kappa shape index (κ2) is 8.79. The van der Waals surface area contributed by atoms with E-state index in [0.29, 0.717) is 5.92 Å². The molecule has 22 heavy (non-hydrogen) atoms. The summed E-state index contributed by atoms with van der Waals surface area (Å²) >= 11 is 0. The second-order valence-corrected chi connectivity index (χ2v) is 6.32. The molecule has 2 heteroatoms. The van der Waals surface area contributed by atoms with Crippen molar-refractivity contribution in [3.8, 4) is 5.75 Å². The highest BCUT2D eigenvalue weighted by Gasteiger charge is 2.09. The van der Waals surface area contributed by atoms with Crippen LogP contribution in [-0.2, 0) is 6.54 Å². The number of fused-ring (bicyclic) bond motifs is 1. The number of nitrogens with one attached hydrogen (secondary N) is 1. The van der Waals surface area contributed by atoms with Crippen molar-refractivity contribution in [2.45, 2.75) is 46.6 Å². The number of hydrogen-bond donors (Lipinski definition) is 1. The average molecular weight is 299 g/mol. The largest absolute Gasteiger partial charge is 0.493 e. The minimum atomic E-state index is 0.673. The molecule has 0 aliphatic carbocycles. The van der Waals surface area contributed by atoms with Crippen LogP contribution >= 0.6 is 0 Å². The van der Waals surface area contributed by atoms with Crippen molar-refractivity contribution in [2.75, 3.05) is 13.2 Å². The SMILES string of the molecule is CCCCNCc1c(OCCC(C)C)ccc2ccccc12. The van der Waals surface area contributed by atoms with E-state index in [4.69, 9.17) is 4.74 Å². The molecule has 0 aliphatic heterocycles. The average Bonchev–Trinajstić information content (AvgIpc) is 2.52. The Morgan fingerprint density at radius 3 is 2.68 bits per heavy atom. The van der Waals surface area contributed by atoms with Crippen LogP contribution in [0.5, 0.6) is 5.75 Å². The molecule has 0 fully saturated rings. The van der Waals surface area contributed by atoms with Crippen molar-refractivity contribution in [3.05, 3.63) is 42.0 Å². The van der Waals surface area contributed by atoms with Crippen LogP contribution in [0.4, 0.5) is 0 Å². The molecule has 2 aromatic rings. The van der Waals surface area contributed by atoms with Crippen LogP contribution in [0.1, 0.15) is 45.6 Å². The van der Waals surface area contributed by atoms with Crippen LogP contribution in [0, 0.1) is 5.92 Å². The summed E-state index contributed by atoms with van der Waals surface area (Å²) < 4.78 is 6.07. The molecule has 2 rings (SSSR count). The van der Waals surface area contributed by atoms with Gasteiger partial charge in [-0.3, -0.25) is 0 Å². The summed E-state index contributed by atoms with van der Waals surface area (Å²) in [6.45, 7) is 9.41. The second-order valence-electron chi connectivity index (χ2n) is 6.32. The molecule has 2 nitrogen and oxygen atoms in total. The highest BCUT2D eigenvalue weighted by Crippen LogP contribution is 2.28. The van der Waals surface area contributed by atoms with Gasteiger partial charge in [-0.15, -0.1) is 0 Å². The quantitative estimate of drug-likeness (QED) is 0.646. The van der Waals surface area contributed by atoms with Gasteiger partial charge in [0.2, 0.25) is 0 Å². The van der Waals surface area contributed by atoms with Gasteiger partial charge in [0.15, 0.2) is 0 Å². The summed E-state index contributed by atoms with van der Waals surface area (Å²) in [6.07, 6.45) is 3.53. The van der Waals surface area contributed by atoms with Gasteiger partial charge in [0.25, 0.3) is 0 Å². The lowest BCUT2D eigenvalue weighted by Crippen LogP contribution is -2.16. The van der Waals surface area contributed by atoms with Crippen LogP contribution < -0.4 is 10.1 Å². The van der Waals surface area contributed by atoms with E-state index in [1.54, 1.807) is 0 Å².